The molecule has 0 saturated carbocycles. The second-order valence-electron chi connectivity index (χ2n) is 7.11. The molecular weight excluding hydrogens is 252 g/mol. The number of rotatable bonds is 5. The van der Waals surface area contributed by atoms with Gasteiger partial charge in [-0.15, -0.1) is 0 Å². The number of likely N-dealkylation sites (tertiary alicyclic amines) is 1. The van der Waals surface area contributed by atoms with Gasteiger partial charge < -0.3 is 10.1 Å². The number of hydrogen-bond donors (Lipinski definition) is 1. The highest BCUT2D eigenvalue weighted by atomic mass is 16.5. The van der Waals surface area contributed by atoms with E-state index in [9.17, 15) is 4.79 Å². The van der Waals surface area contributed by atoms with E-state index in [-0.39, 0.29) is 11.5 Å². The molecule has 3 fully saturated rings. The summed E-state index contributed by atoms with van der Waals surface area (Å²) in [5.74, 6) is 1.34. The van der Waals surface area contributed by atoms with Crippen molar-refractivity contribution in [1.29, 1.82) is 0 Å². The van der Waals surface area contributed by atoms with Gasteiger partial charge in [0.2, 0.25) is 5.91 Å². The highest BCUT2D eigenvalue weighted by Crippen LogP contribution is 2.54. The fourth-order valence-corrected chi connectivity index (χ4v) is 4.44. The number of fused-ring (bicyclic) bond motifs is 1. The van der Waals surface area contributed by atoms with E-state index in [2.05, 4.69) is 24.1 Å². The van der Waals surface area contributed by atoms with E-state index >= 15 is 0 Å². The largest absolute Gasteiger partial charge is 0.370 e. The van der Waals surface area contributed by atoms with E-state index in [1.807, 2.05) is 6.92 Å². The van der Waals surface area contributed by atoms with Gasteiger partial charge in [0, 0.05) is 43.9 Å². The molecule has 4 nitrogen and oxygen atoms in total. The molecule has 3 saturated heterocycles. The average molecular weight is 280 g/mol. The minimum atomic E-state index is 0.106. The van der Waals surface area contributed by atoms with Crippen molar-refractivity contribution in [1.82, 2.24) is 10.2 Å². The van der Waals surface area contributed by atoms with E-state index < -0.39 is 0 Å². The first-order chi connectivity index (χ1) is 9.55. The molecule has 0 aromatic rings. The van der Waals surface area contributed by atoms with Crippen LogP contribution >= 0.6 is 0 Å². The number of hydrogen-bond acceptors (Lipinski definition) is 3. The summed E-state index contributed by atoms with van der Waals surface area (Å²) in [5.41, 5.74) is 0.106. The lowest BCUT2D eigenvalue weighted by Gasteiger charge is -2.29. The standard InChI is InChI=1S/C16H28N2O2/c1-4-5-15(19)17-8-12-13-9-18(11(2)3)10-16(13)7-6-14(12)20-16/h11-14H,4-10H2,1-3H3,(H,17,19)/t12-,13+,14+,16+/m0/s1. The number of nitrogens with zero attached hydrogens (tertiary/aromatic N) is 1. The van der Waals surface area contributed by atoms with Gasteiger partial charge in [-0.25, -0.2) is 0 Å². The molecule has 1 spiro atoms. The highest BCUT2D eigenvalue weighted by molar-refractivity contribution is 5.75. The van der Waals surface area contributed by atoms with Gasteiger partial charge in [0.15, 0.2) is 0 Å². The van der Waals surface area contributed by atoms with Gasteiger partial charge in [-0.3, -0.25) is 9.69 Å². The number of nitrogens with one attached hydrogen (secondary N) is 1. The van der Waals surface area contributed by atoms with Crippen LogP contribution in [0.2, 0.25) is 0 Å². The minimum Gasteiger partial charge on any atom is -0.370 e. The van der Waals surface area contributed by atoms with Crippen LogP contribution in [0.25, 0.3) is 0 Å². The lowest BCUT2D eigenvalue weighted by molar-refractivity contribution is -0.121. The molecule has 3 aliphatic heterocycles. The van der Waals surface area contributed by atoms with Crippen molar-refractivity contribution in [3.63, 3.8) is 0 Å². The van der Waals surface area contributed by atoms with Crippen molar-refractivity contribution >= 4 is 5.91 Å². The molecule has 4 heteroatoms. The van der Waals surface area contributed by atoms with Crippen molar-refractivity contribution < 1.29 is 9.53 Å². The molecule has 0 aromatic heterocycles. The Labute approximate surface area is 122 Å². The number of carbonyl (C=O) groups excluding carboxylic acids is 1. The number of carbonyl (C=O) groups is 1. The summed E-state index contributed by atoms with van der Waals surface area (Å²) in [4.78, 5) is 14.3. The molecule has 114 valence electrons. The van der Waals surface area contributed by atoms with Gasteiger partial charge in [-0.2, -0.15) is 0 Å². The zero-order valence-electron chi connectivity index (χ0n) is 13.0. The number of ether oxygens (including phenoxy) is 1. The van der Waals surface area contributed by atoms with Gasteiger partial charge in [0.1, 0.15) is 0 Å². The second kappa shape index (κ2) is 5.30. The molecule has 0 radical (unpaired) electrons. The third-order valence-corrected chi connectivity index (χ3v) is 5.55. The van der Waals surface area contributed by atoms with Crippen LogP contribution in [0.3, 0.4) is 0 Å². The van der Waals surface area contributed by atoms with Crippen molar-refractivity contribution in [2.45, 2.75) is 64.2 Å². The Morgan fingerprint density at radius 3 is 3.00 bits per heavy atom. The summed E-state index contributed by atoms with van der Waals surface area (Å²) in [7, 11) is 0. The molecule has 3 rings (SSSR count). The maximum Gasteiger partial charge on any atom is 0.219 e. The topological polar surface area (TPSA) is 41.6 Å². The summed E-state index contributed by atoms with van der Waals surface area (Å²) < 4.78 is 6.38. The Kier molecular flexibility index (Phi) is 3.80. The lowest BCUT2D eigenvalue weighted by atomic mass is 9.73. The zero-order valence-corrected chi connectivity index (χ0v) is 13.0. The fraction of sp³-hybridized carbons (Fsp3) is 0.938. The Hall–Kier alpha value is -0.610. The summed E-state index contributed by atoms with van der Waals surface area (Å²) >= 11 is 0. The Balaban J connectivity index is 1.63. The van der Waals surface area contributed by atoms with Crippen LogP contribution in [-0.2, 0) is 9.53 Å². The smallest absolute Gasteiger partial charge is 0.219 e. The molecule has 1 amide bonds. The van der Waals surface area contributed by atoms with Gasteiger partial charge in [0.25, 0.3) is 0 Å². The predicted molar refractivity (Wildman–Crippen MR) is 78.4 cm³/mol. The van der Waals surface area contributed by atoms with E-state index in [1.54, 1.807) is 0 Å². The maximum absolute atomic E-state index is 11.7. The Bertz CT molecular complexity index is 385. The molecule has 0 aromatic carbocycles. The fourth-order valence-electron chi connectivity index (χ4n) is 4.44. The van der Waals surface area contributed by atoms with Crippen molar-refractivity contribution in [3.8, 4) is 0 Å². The van der Waals surface area contributed by atoms with E-state index in [1.165, 1.54) is 12.8 Å². The molecule has 2 bridgehead atoms. The van der Waals surface area contributed by atoms with Crippen LogP contribution in [0.1, 0.15) is 46.5 Å². The first kappa shape index (κ1) is 14.3. The van der Waals surface area contributed by atoms with Gasteiger partial charge >= 0.3 is 0 Å². The third-order valence-electron chi connectivity index (χ3n) is 5.55. The summed E-state index contributed by atoms with van der Waals surface area (Å²) in [6, 6.07) is 0.591. The van der Waals surface area contributed by atoms with Crippen LogP contribution in [0, 0.1) is 11.8 Å². The van der Waals surface area contributed by atoms with E-state index in [0.29, 0.717) is 30.4 Å². The Morgan fingerprint density at radius 2 is 2.30 bits per heavy atom. The monoisotopic (exact) mass is 280 g/mol. The van der Waals surface area contributed by atoms with Crippen LogP contribution in [-0.4, -0.2) is 48.2 Å². The number of amides is 1. The van der Waals surface area contributed by atoms with Crippen molar-refractivity contribution in [2.75, 3.05) is 19.6 Å². The normalized spacial score (nSPS) is 39.5. The zero-order chi connectivity index (χ0) is 14.3. The van der Waals surface area contributed by atoms with Crippen LogP contribution < -0.4 is 5.32 Å². The second-order valence-corrected chi connectivity index (χ2v) is 7.11. The molecule has 4 atom stereocenters. The SMILES string of the molecule is CCCC(=O)NC[C@H]1[C@H]2CN(C(C)C)C[C@]23CC[C@H]1O3. The predicted octanol–water partition coefficient (Wildman–Crippen LogP) is 1.79. The minimum absolute atomic E-state index is 0.106. The molecule has 20 heavy (non-hydrogen) atoms. The van der Waals surface area contributed by atoms with Gasteiger partial charge in [0.05, 0.1) is 11.7 Å². The van der Waals surface area contributed by atoms with Gasteiger partial charge in [-0.1, -0.05) is 6.92 Å². The highest BCUT2D eigenvalue weighted by Gasteiger charge is 2.62. The molecular formula is C16H28N2O2. The van der Waals surface area contributed by atoms with E-state index in [4.69, 9.17) is 4.74 Å². The third kappa shape index (κ3) is 2.27. The molecule has 3 heterocycles. The quantitative estimate of drug-likeness (QED) is 0.835. The summed E-state index contributed by atoms with van der Waals surface area (Å²) in [5, 5.41) is 3.13. The van der Waals surface area contributed by atoms with Crippen LogP contribution in [0.5, 0.6) is 0 Å². The molecule has 0 unspecified atom stereocenters. The first-order valence-electron chi connectivity index (χ1n) is 8.24. The molecule has 0 aliphatic carbocycles. The summed E-state index contributed by atoms with van der Waals surface area (Å²) in [6.45, 7) is 9.62. The molecule has 3 aliphatic rings. The van der Waals surface area contributed by atoms with Crippen molar-refractivity contribution in [3.05, 3.63) is 0 Å². The van der Waals surface area contributed by atoms with Crippen molar-refractivity contribution in [2.24, 2.45) is 11.8 Å². The lowest BCUT2D eigenvalue weighted by Crippen LogP contribution is -2.41. The summed E-state index contributed by atoms with van der Waals surface area (Å²) in [6.07, 6.45) is 4.34. The average Bonchev–Trinajstić information content (AvgIpc) is 3.03. The van der Waals surface area contributed by atoms with Gasteiger partial charge in [-0.05, 0) is 33.1 Å². The Morgan fingerprint density at radius 1 is 1.50 bits per heavy atom. The van der Waals surface area contributed by atoms with Crippen LogP contribution in [0.4, 0.5) is 0 Å². The molecule has 1 N–H and O–H groups in total. The van der Waals surface area contributed by atoms with Crippen LogP contribution in [0.15, 0.2) is 0 Å². The first-order valence-corrected chi connectivity index (χ1v) is 8.24. The van der Waals surface area contributed by atoms with E-state index in [0.717, 1.165) is 26.1 Å². The maximum atomic E-state index is 11.7.